The number of ether oxygens (including phenoxy) is 2. The number of hydrogen-bond acceptors (Lipinski definition) is 3. The van der Waals surface area contributed by atoms with Crippen molar-refractivity contribution in [1.29, 1.82) is 0 Å². The van der Waals surface area contributed by atoms with Crippen molar-refractivity contribution in [1.82, 2.24) is 0 Å². The van der Waals surface area contributed by atoms with Crippen LogP contribution in [0.5, 0.6) is 0 Å². The first-order valence-electron chi connectivity index (χ1n) is 6.84. The van der Waals surface area contributed by atoms with Gasteiger partial charge in [0.05, 0.1) is 25.7 Å². The van der Waals surface area contributed by atoms with Gasteiger partial charge < -0.3 is 9.47 Å². The standard InChI is InChI=1S/C15H25IO3Si/c1-6-18-15(17)12-14(19-10-9-13(2)16)8-7-11-20(3,4)5/h9,14H,6,8,10,12H2,1-5H3/b13-9-/t14-/m1/s1. The fourth-order valence-electron chi connectivity index (χ4n) is 1.32. The Morgan fingerprint density at radius 2 is 2.05 bits per heavy atom. The summed E-state index contributed by atoms with van der Waals surface area (Å²) in [6.07, 6.45) is 2.65. The molecule has 0 aliphatic rings. The van der Waals surface area contributed by atoms with Crippen molar-refractivity contribution < 1.29 is 14.3 Å². The van der Waals surface area contributed by atoms with E-state index < -0.39 is 8.07 Å². The Morgan fingerprint density at radius 1 is 1.40 bits per heavy atom. The maximum absolute atomic E-state index is 11.6. The third kappa shape index (κ3) is 12.7. The minimum Gasteiger partial charge on any atom is -0.466 e. The van der Waals surface area contributed by atoms with Gasteiger partial charge in [0, 0.05) is 6.42 Å². The lowest BCUT2D eigenvalue weighted by molar-refractivity contribution is -0.146. The molecule has 0 radical (unpaired) electrons. The molecule has 0 aromatic rings. The Kier molecular flexibility index (Phi) is 10.2. The fourth-order valence-corrected chi connectivity index (χ4v) is 2.14. The molecule has 0 bridgehead atoms. The number of halogens is 1. The quantitative estimate of drug-likeness (QED) is 0.277. The first-order chi connectivity index (χ1) is 9.24. The molecule has 0 aliphatic heterocycles. The molecule has 0 rings (SSSR count). The average Bonchev–Trinajstić information content (AvgIpc) is 2.26. The molecule has 0 heterocycles. The number of allylic oxidation sites excluding steroid dienone is 1. The topological polar surface area (TPSA) is 35.5 Å². The second-order valence-corrected chi connectivity index (χ2v) is 12.0. The molecule has 0 unspecified atom stereocenters. The fraction of sp³-hybridized carbons (Fsp3) is 0.667. The Labute approximate surface area is 137 Å². The molecular weight excluding hydrogens is 383 g/mol. The summed E-state index contributed by atoms with van der Waals surface area (Å²) < 4.78 is 11.9. The third-order valence-corrected chi connectivity index (χ3v) is 3.56. The first kappa shape index (κ1) is 19.7. The smallest absolute Gasteiger partial charge is 0.308 e. The molecule has 0 aromatic carbocycles. The number of esters is 1. The molecule has 114 valence electrons. The molecule has 0 spiro atoms. The molecule has 20 heavy (non-hydrogen) atoms. The molecule has 0 amide bonds. The number of rotatable bonds is 7. The summed E-state index contributed by atoms with van der Waals surface area (Å²) in [4.78, 5) is 11.6. The van der Waals surface area contributed by atoms with E-state index >= 15 is 0 Å². The van der Waals surface area contributed by atoms with Gasteiger partial charge in [-0.1, -0.05) is 19.6 Å². The summed E-state index contributed by atoms with van der Waals surface area (Å²) in [5, 5.41) is 0. The second kappa shape index (κ2) is 10.4. The van der Waals surface area contributed by atoms with Crippen LogP contribution < -0.4 is 0 Å². The van der Waals surface area contributed by atoms with E-state index in [9.17, 15) is 4.79 Å². The Bertz CT molecular complexity index is 384. The SMILES string of the molecule is CCOC(=O)C[C@@H](CC#C[Si](C)(C)C)OC/C=C(/C)I. The minimum absolute atomic E-state index is 0.190. The first-order valence-corrected chi connectivity index (χ1v) is 11.4. The summed E-state index contributed by atoms with van der Waals surface area (Å²) in [5.74, 6) is 2.95. The monoisotopic (exact) mass is 408 g/mol. The van der Waals surface area contributed by atoms with Gasteiger partial charge in [-0.15, -0.1) is 11.5 Å². The van der Waals surface area contributed by atoms with Crippen LogP contribution in [0.3, 0.4) is 0 Å². The number of hydrogen-bond donors (Lipinski definition) is 0. The van der Waals surface area contributed by atoms with Crippen LogP contribution in [-0.2, 0) is 14.3 Å². The molecule has 0 N–H and O–H groups in total. The highest BCUT2D eigenvalue weighted by molar-refractivity contribution is 14.1. The van der Waals surface area contributed by atoms with E-state index in [4.69, 9.17) is 9.47 Å². The van der Waals surface area contributed by atoms with Gasteiger partial charge >= 0.3 is 5.97 Å². The van der Waals surface area contributed by atoms with E-state index in [-0.39, 0.29) is 18.5 Å². The lowest BCUT2D eigenvalue weighted by atomic mass is 10.2. The Balaban J connectivity index is 4.48. The van der Waals surface area contributed by atoms with Crippen molar-refractivity contribution in [3.8, 4) is 11.5 Å². The molecule has 0 fully saturated rings. The van der Waals surface area contributed by atoms with Gasteiger partial charge in [0.25, 0.3) is 0 Å². The van der Waals surface area contributed by atoms with E-state index in [0.717, 1.165) is 0 Å². The van der Waals surface area contributed by atoms with E-state index in [1.165, 1.54) is 3.58 Å². The molecular formula is C15H25IO3Si. The summed E-state index contributed by atoms with van der Waals surface area (Å²) >= 11 is 2.23. The van der Waals surface area contributed by atoms with Crippen LogP contribution in [0.15, 0.2) is 9.66 Å². The zero-order valence-electron chi connectivity index (χ0n) is 13.1. The van der Waals surface area contributed by atoms with Gasteiger partial charge in [-0.2, -0.15) is 0 Å². The van der Waals surface area contributed by atoms with Crippen LogP contribution in [0.1, 0.15) is 26.7 Å². The summed E-state index contributed by atoms with van der Waals surface area (Å²) in [5.41, 5.74) is 3.30. The van der Waals surface area contributed by atoms with Crippen LogP contribution >= 0.6 is 22.6 Å². The van der Waals surface area contributed by atoms with Gasteiger partial charge in [-0.05, 0) is 46.1 Å². The van der Waals surface area contributed by atoms with Gasteiger partial charge in [-0.3, -0.25) is 4.79 Å². The lowest BCUT2D eigenvalue weighted by Gasteiger charge is -2.14. The Morgan fingerprint density at radius 3 is 2.55 bits per heavy atom. The predicted octanol–water partition coefficient (Wildman–Crippen LogP) is 3.93. The van der Waals surface area contributed by atoms with Crippen molar-refractivity contribution in [2.24, 2.45) is 0 Å². The zero-order chi connectivity index (χ0) is 15.6. The van der Waals surface area contributed by atoms with Gasteiger partial charge in [0.2, 0.25) is 0 Å². The highest BCUT2D eigenvalue weighted by atomic mass is 127. The van der Waals surface area contributed by atoms with Crippen LogP contribution in [-0.4, -0.2) is 33.4 Å². The second-order valence-electron chi connectivity index (χ2n) is 5.51. The van der Waals surface area contributed by atoms with Crippen LogP contribution in [0.25, 0.3) is 0 Å². The van der Waals surface area contributed by atoms with E-state index in [1.807, 2.05) is 13.0 Å². The summed E-state index contributed by atoms with van der Waals surface area (Å²) in [6, 6.07) is 0. The highest BCUT2D eigenvalue weighted by Crippen LogP contribution is 2.08. The molecule has 0 aromatic heterocycles. The van der Waals surface area contributed by atoms with Crippen LogP contribution in [0.2, 0.25) is 19.6 Å². The molecule has 0 saturated heterocycles. The summed E-state index contributed by atoms with van der Waals surface area (Å²) in [7, 11) is -1.37. The van der Waals surface area contributed by atoms with Crippen molar-refractivity contribution in [3.63, 3.8) is 0 Å². The average molecular weight is 408 g/mol. The summed E-state index contributed by atoms with van der Waals surface area (Å²) in [6.45, 7) is 11.3. The molecule has 0 saturated carbocycles. The molecule has 1 atom stereocenters. The van der Waals surface area contributed by atoms with E-state index in [1.54, 1.807) is 6.92 Å². The van der Waals surface area contributed by atoms with Crippen molar-refractivity contribution in [2.75, 3.05) is 13.2 Å². The molecule has 5 heteroatoms. The maximum atomic E-state index is 11.6. The predicted molar refractivity (Wildman–Crippen MR) is 94.5 cm³/mol. The van der Waals surface area contributed by atoms with Crippen molar-refractivity contribution in [2.45, 2.75) is 52.4 Å². The van der Waals surface area contributed by atoms with Crippen molar-refractivity contribution >= 4 is 36.6 Å². The van der Waals surface area contributed by atoms with Crippen LogP contribution in [0, 0.1) is 11.5 Å². The lowest BCUT2D eigenvalue weighted by Crippen LogP contribution is -2.20. The minimum atomic E-state index is -1.37. The third-order valence-electron chi connectivity index (χ3n) is 2.19. The van der Waals surface area contributed by atoms with E-state index in [2.05, 4.69) is 53.7 Å². The molecule has 0 aliphatic carbocycles. The van der Waals surface area contributed by atoms with Crippen molar-refractivity contribution in [3.05, 3.63) is 9.66 Å². The number of carbonyl (C=O) groups excluding carboxylic acids is 1. The normalized spacial score (nSPS) is 13.4. The van der Waals surface area contributed by atoms with E-state index in [0.29, 0.717) is 19.6 Å². The van der Waals surface area contributed by atoms with Crippen LogP contribution in [0.4, 0.5) is 0 Å². The molecule has 3 nitrogen and oxygen atoms in total. The highest BCUT2D eigenvalue weighted by Gasteiger charge is 2.15. The maximum Gasteiger partial charge on any atom is 0.308 e. The van der Waals surface area contributed by atoms with Gasteiger partial charge in [0.15, 0.2) is 0 Å². The van der Waals surface area contributed by atoms with Gasteiger partial charge in [0.1, 0.15) is 8.07 Å². The Hall–Kier alpha value is -0.323. The van der Waals surface area contributed by atoms with Gasteiger partial charge in [-0.25, -0.2) is 0 Å². The zero-order valence-corrected chi connectivity index (χ0v) is 16.2. The number of carbonyl (C=O) groups is 1. The largest absolute Gasteiger partial charge is 0.466 e.